The van der Waals surface area contributed by atoms with E-state index in [1.54, 1.807) is 0 Å². The van der Waals surface area contributed by atoms with Crippen LogP contribution in [0.5, 0.6) is 0 Å². The Morgan fingerprint density at radius 2 is 0.791 bits per heavy atom. The summed E-state index contributed by atoms with van der Waals surface area (Å²) in [5.41, 5.74) is 0. The molecular formula is C38H77NO4. The van der Waals surface area contributed by atoms with Gasteiger partial charge in [0, 0.05) is 0 Å². The van der Waals surface area contributed by atoms with Crippen molar-refractivity contribution in [2.24, 2.45) is 0 Å². The summed E-state index contributed by atoms with van der Waals surface area (Å²) in [6, 6.07) is -0.650. The molecule has 5 nitrogen and oxygen atoms in total. The van der Waals surface area contributed by atoms with Crippen molar-refractivity contribution in [3.05, 3.63) is 0 Å². The number of carbonyl (C=O) groups is 1. The number of amides is 1. The Labute approximate surface area is 268 Å². The van der Waals surface area contributed by atoms with E-state index in [1.807, 2.05) is 0 Å². The molecule has 0 aromatic heterocycles. The maximum Gasteiger partial charge on any atom is 0.222 e. The number of hydrogen-bond donors (Lipinski definition) is 4. The van der Waals surface area contributed by atoms with Crippen molar-refractivity contribution in [2.75, 3.05) is 6.61 Å². The zero-order chi connectivity index (χ0) is 31.6. The average Bonchev–Trinajstić information content (AvgIpc) is 3.00. The highest BCUT2D eigenvalue weighted by atomic mass is 16.3. The third-order valence-corrected chi connectivity index (χ3v) is 9.17. The summed E-state index contributed by atoms with van der Waals surface area (Å²) in [4.78, 5) is 12.4. The van der Waals surface area contributed by atoms with Gasteiger partial charge in [-0.15, -0.1) is 0 Å². The first kappa shape index (κ1) is 42.3. The zero-order valence-electron chi connectivity index (χ0n) is 29.1. The van der Waals surface area contributed by atoms with Crippen LogP contribution in [0.25, 0.3) is 0 Å². The molecule has 43 heavy (non-hydrogen) atoms. The Hall–Kier alpha value is -0.650. The van der Waals surface area contributed by atoms with Crippen molar-refractivity contribution in [1.82, 2.24) is 5.32 Å². The van der Waals surface area contributed by atoms with Crippen LogP contribution >= 0.6 is 0 Å². The van der Waals surface area contributed by atoms with E-state index in [2.05, 4.69) is 19.2 Å². The molecule has 0 rings (SSSR count). The maximum absolute atomic E-state index is 12.4. The molecule has 0 aromatic rings. The standard InChI is InChI=1S/C38H77NO4/c1-3-5-7-9-11-13-15-17-18-20-21-23-25-27-29-31-35(41)33-38(43)39-36(34-40)37(42)32-30-28-26-24-22-19-16-14-12-10-8-6-4-2/h35-37,40-42H,3-34H2,1-2H3,(H,39,43). The fourth-order valence-corrected chi connectivity index (χ4v) is 6.17. The molecule has 0 saturated heterocycles. The average molecular weight is 612 g/mol. The predicted molar refractivity (Wildman–Crippen MR) is 186 cm³/mol. The van der Waals surface area contributed by atoms with Crippen LogP contribution in [0.1, 0.15) is 213 Å². The minimum absolute atomic E-state index is 0.0422. The molecule has 0 heterocycles. The number of rotatable bonds is 35. The Balaban J connectivity index is 3.63. The molecule has 3 atom stereocenters. The molecule has 3 unspecified atom stereocenters. The Kier molecular flexibility index (Phi) is 33.7. The van der Waals surface area contributed by atoms with Crippen molar-refractivity contribution in [1.29, 1.82) is 0 Å². The molecule has 0 saturated carbocycles. The van der Waals surface area contributed by atoms with E-state index in [-0.39, 0.29) is 18.9 Å². The van der Waals surface area contributed by atoms with Crippen LogP contribution in [0.2, 0.25) is 0 Å². The molecule has 0 aliphatic carbocycles. The van der Waals surface area contributed by atoms with E-state index in [4.69, 9.17) is 0 Å². The minimum atomic E-state index is -0.741. The largest absolute Gasteiger partial charge is 0.394 e. The lowest BCUT2D eigenvalue weighted by molar-refractivity contribution is -0.125. The van der Waals surface area contributed by atoms with Crippen molar-refractivity contribution >= 4 is 5.91 Å². The normalized spacial score (nSPS) is 13.7. The molecule has 0 bridgehead atoms. The second-order valence-electron chi connectivity index (χ2n) is 13.6. The van der Waals surface area contributed by atoms with Gasteiger partial charge in [-0.3, -0.25) is 4.79 Å². The summed E-state index contributed by atoms with van der Waals surface area (Å²) in [5, 5.41) is 33.2. The number of hydrogen-bond acceptors (Lipinski definition) is 4. The number of aliphatic hydroxyl groups is 3. The van der Waals surface area contributed by atoms with Gasteiger partial charge in [-0.05, 0) is 12.8 Å². The smallest absolute Gasteiger partial charge is 0.222 e. The molecule has 0 spiro atoms. The Bertz CT molecular complexity index is 558. The second-order valence-corrected chi connectivity index (χ2v) is 13.6. The topological polar surface area (TPSA) is 89.8 Å². The number of carbonyl (C=O) groups excluding carboxylic acids is 1. The van der Waals surface area contributed by atoms with Crippen molar-refractivity contribution in [2.45, 2.75) is 231 Å². The summed E-state index contributed by atoms with van der Waals surface area (Å²) in [7, 11) is 0. The molecule has 1 amide bonds. The van der Waals surface area contributed by atoms with Crippen LogP contribution in [-0.2, 0) is 4.79 Å². The number of unbranched alkanes of at least 4 members (excludes halogenated alkanes) is 26. The molecule has 0 aliphatic heterocycles. The monoisotopic (exact) mass is 612 g/mol. The molecule has 0 aromatic carbocycles. The van der Waals surface area contributed by atoms with Gasteiger partial charge in [0.05, 0.1) is 31.3 Å². The van der Waals surface area contributed by atoms with Gasteiger partial charge >= 0.3 is 0 Å². The summed E-state index contributed by atoms with van der Waals surface area (Å²) < 4.78 is 0. The van der Waals surface area contributed by atoms with E-state index in [0.717, 1.165) is 25.7 Å². The van der Waals surface area contributed by atoms with Gasteiger partial charge in [0.2, 0.25) is 5.91 Å². The lowest BCUT2D eigenvalue weighted by atomic mass is 10.0. The van der Waals surface area contributed by atoms with Crippen LogP contribution in [0.3, 0.4) is 0 Å². The molecule has 0 radical (unpaired) electrons. The van der Waals surface area contributed by atoms with Gasteiger partial charge in [0.25, 0.3) is 0 Å². The molecule has 4 N–H and O–H groups in total. The summed E-state index contributed by atoms with van der Waals surface area (Å²) in [6.45, 7) is 4.26. The highest BCUT2D eigenvalue weighted by Gasteiger charge is 2.21. The highest BCUT2D eigenvalue weighted by Crippen LogP contribution is 2.16. The minimum Gasteiger partial charge on any atom is -0.394 e. The Morgan fingerprint density at radius 1 is 0.488 bits per heavy atom. The van der Waals surface area contributed by atoms with E-state index < -0.39 is 18.2 Å². The molecular weight excluding hydrogens is 534 g/mol. The second kappa shape index (κ2) is 34.2. The quantitative estimate of drug-likeness (QED) is 0.0537. The van der Waals surface area contributed by atoms with Crippen LogP contribution < -0.4 is 5.32 Å². The van der Waals surface area contributed by atoms with Gasteiger partial charge in [0.1, 0.15) is 0 Å². The predicted octanol–water partition coefficient (Wildman–Crippen LogP) is 10.3. The maximum atomic E-state index is 12.4. The van der Waals surface area contributed by atoms with Crippen LogP contribution in [0.15, 0.2) is 0 Å². The van der Waals surface area contributed by atoms with Gasteiger partial charge in [0.15, 0.2) is 0 Å². The van der Waals surface area contributed by atoms with Gasteiger partial charge < -0.3 is 20.6 Å². The lowest BCUT2D eigenvalue weighted by Crippen LogP contribution is -2.46. The summed E-state index contributed by atoms with van der Waals surface area (Å²) in [5.74, 6) is -0.281. The number of nitrogens with one attached hydrogen (secondary N) is 1. The van der Waals surface area contributed by atoms with E-state index in [1.165, 1.54) is 154 Å². The van der Waals surface area contributed by atoms with Gasteiger partial charge in [-0.1, -0.05) is 194 Å². The lowest BCUT2D eigenvalue weighted by Gasteiger charge is -2.23. The van der Waals surface area contributed by atoms with E-state index in [9.17, 15) is 20.1 Å². The fourth-order valence-electron chi connectivity index (χ4n) is 6.17. The summed E-state index contributed by atoms with van der Waals surface area (Å²) in [6.07, 6.45) is 36.2. The van der Waals surface area contributed by atoms with Crippen molar-refractivity contribution < 1.29 is 20.1 Å². The molecule has 0 fully saturated rings. The first-order valence-corrected chi connectivity index (χ1v) is 19.3. The van der Waals surface area contributed by atoms with Crippen LogP contribution in [0, 0.1) is 0 Å². The zero-order valence-corrected chi connectivity index (χ0v) is 29.1. The third kappa shape index (κ3) is 31.1. The molecule has 258 valence electrons. The summed E-state index contributed by atoms with van der Waals surface area (Å²) >= 11 is 0. The van der Waals surface area contributed by atoms with Crippen LogP contribution in [0.4, 0.5) is 0 Å². The fraction of sp³-hybridized carbons (Fsp3) is 0.974. The molecule has 5 heteroatoms. The third-order valence-electron chi connectivity index (χ3n) is 9.17. The van der Waals surface area contributed by atoms with E-state index in [0.29, 0.717) is 12.8 Å². The first-order valence-electron chi connectivity index (χ1n) is 19.3. The SMILES string of the molecule is CCCCCCCCCCCCCCCCCC(O)CC(=O)NC(CO)C(O)CCCCCCCCCCCCCCC. The van der Waals surface area contributed by atoms with E-state index >= 15 is 0 Å². The molecule has 0 aliphatic rings. The first-order chi connectivity index (χ1) is 21.0. The van der Waals surface area contributed by atoms with Crippen molar-refractivity contribution in [3.63, 3.8) is 0 Å². The highest BCUT2D eigenvalue weighted by molar-refractivity contribution is 5.76. The number of aliphatic hydroxyl groups excluding tert-OH is 3. The van der Waals surface area contributed by atoms with Crippen molar-refractivity contribution in [3.8, 4) is 0 Å². The van der Waals surface area contributed by atoms with Gasteiger partial charge in [-0.25, -0.2) is 0 Å². The van der Waals surface area contributed by atoms with Crippen LogP contribution in [-0.4, -0.2) is 46.1 Å². The van der Waals surface area contributed by atoms with Gasteiger partial charge in [-0.2, -0.15) is 0 Å². The Morgan fingerprint density at radius 3 is 1.12 bits per heavy atom.